The second-order valence-electron chi connectivity index (χ2n) is 8.55. The summed E-state index contributed by atoms with van der Waals surface area (Å²) < 4.78 is 45.6. The van der Waals surface area contributed by atoms with Gasteiger partial charge in [0.25, 0.3) is 5.91 Å². The Morgan fingerprint density at radius 3 is 2.71 bits per heavy atom. The zero-order chi connectivity index (χ0) is 25.2. The summed E-state index contributed by atoms with van der Waals surface area (Å²) in [5, 5.41) is 6.00. The number of nitrogens with zero attached hydrogens (tertiary/aromatic N) is 2. The fourth-order valence-electron chi connectivity index (χ4n) is 4.57. The van der Waals surface area contributed by atoms with E-state index in [9.17, 15) is 18.0 Å². The molecule has 2 heterocycles. The number of halogens is 3. The zero-order valence-corrected chi connectivity index (χ0v) is 21.2. The van der Waals surface area contributed by atoms with Gasteiger partial charge in [-0.05, 0) is 56.5 Å². The van der Waals surface area contributed by atoms with Gasteiger partial charge < -0.3 is 15.0 Å². The van der Waals surface area contributed by atoms with Crippen LogP contribution in [0.4, 0.5) is 13.2 Å². The van der Waals surface area contributed by atoms with Crippen LogP contribution in [0.5, 0.6) is 5.75 Å². The van der Waals surface area contributed by atoms with E-state index in [0.717, 1.165) is 53.0 Å². The molecular formula is C25H26F3N3O2S2. The van der Waals surface area contributed by atoms with Crippen molar-refractivity contribution in [3.05, 3.63) is 64.7 Å². The number of benzene rings is 2. The number of hydrogen-bond acceptors (Lipinski definition) is 6. The maximum Gasteiger partial charge on any atom is 0.416 e. The van der Waals surface area contributed by atoms with Crippen molar-refractivity contribution in [1.29, 1.82) is 0 Å². The smallest absolute Gasteiger partial charge is 0.416 e. The lowest BCUT2D eigenvalue weighted by Gasteiger charge is -2.43. The molecule has 1 amide bonds. The van der Waals surface area contributed by atoms with E-state index in [0.29, 0.717) is 13.0 Å². The lowest BCUT2D eigenvalue weighted by Crippen LogP contribution is -2.55. The van der Waals surface area contributed by atoms with Gasteiger partial charge in [0.05, 0.1) is 23.8 Å². The van der Waals surface area contributed by atoms with Crippen molar-refractivity contribution in [3.8, 4) is 16.3 Å². The topological polar surface area (TPSA) is 54.5 Å². The zero-order valence-electron chi connectivity index (χ0n) is 19.6. The van der Waals surface area contributed by atoms with Crippen LogP contribution >= 0.6 is 23.1 Å². The summed E-state index contributed by atoms with van der Waals surface area (Å²) in [6.45, 7) is 1.46. The maximum absolute atomic E-state index is 13.7. The van der Waals surface area contributed by atoms with Gasteiger partial charge in [0.1, 0.15) is 10.8 Å². The minimum absolute atomic E-state index is 0.0995. The quantitative estimate of drug-likeness (QED) is 0.409. The number of methoxy groups -OCH3 is 1. The molecule has 1 aromatic heterocycles. The van der Waals surface area contributed by atoms with Crippen LogP contribution in [-0.2, 0) is 11.7 Å². The van der Waals surface area contributed by atoms with Crippen LogP contribution in [-0.4, -0.2) is 49.3 Å². The van der Waals surface area contributed by atoms with Crippen molar-refractivity contribution >= 4 is 29.0 Å². The largest absolute Gasteiger partial charge is 0.496 e. The maximum atomic E-state index is 13.7. The molecular weight excluding hydrogens is 495 g/mol. The van der Waals surface area contributed by atoms with Crippen molar-refractivity contribution in [2.75, 3.05) is 33.5 Å². The van der Waals surface area contributed by atoms with Crippen LogP contribution in [0.3, 0.4) is 0 Å². The molecule has 1 fully saturated rings. The van der Waals surface area contributed by atoms with Crippen molar-refractivity contribution < 1.29 is 22.7 Å². The van der Waals surface area contributed by atoms with E-state index in [1.54, 1.807) is 12.5 Å². The molecule has 5 nitrogen and oxygen atoms in total. The van der Waals surface area contributed by atoms with Crippen molar-refractivity contribution in [1.82, 2.24) is 15.2 Å². The van der Waals surface area contributed by atoms with Crippen LogP contribution in [0.25, 0.3) is 10.6 Å². The van der Waals surface area contributed by atoms with E-state index in [1.165, 1.54) is 18.4 Å². The molecule has 1 aliphatic rings. The number of likely N-dealkylation sites (tertiary alicyclic amines) is 1. The number of nitrogens with one attached hydrogen (secondary N) is 1. The molecule has 0 bridgehead atoms. The van der Waals surface area contributed by atoms with Gasteiger partial charge in [-0.1, -0.05) is 18.2 Å². The summed E-state index contributed by atoms with van der Waals surface area (Å²) in [6.07, 6.45) is 0.406. The van der Waals surface area contributed by atoms with Gasteiger partial charge in [0.2, 0.25) is 0 Å². The van der Waals surface area contributed by atoms with Crippen molar-refractivity contribution in [2.45, 2.75) is 29.5 Å². The molecule has 1 atom stereocenters. The highest BCUT2D eigenvalue weighted by Crippen LogP contribution is 2.40. The van der Waals surface area contributed by atoms with Gasteiger partial charge in [-0.3, -0.25) is 4.79 Å². The molecule has 2 aromatic carbocycles. The molecule has 186 valence electrons. The van der Waals surface area contributed by atoms with Gasteiger partial charge in [0.15, 0.2) is 0 Å². The van der Waals surface area contributed by atoms with E-state index < -0.39 is 23.2 Å². The van der Waals surface area contributed by atoms with Crippen molar-refractivity contribution in [2.24, 2.45) is 0 Å². The Morgan fingerprint density at radius 1 is 1.29 bits per heavy atom. The number of ether oxygens (including phenoxy) is 1. The number of piperidine rings is 1. The molecule has 1 unspecified atom stereocenters. The molecule has 3 aromatic rings. The third-order valence-corrected chi connectivity index (χ3v) is 7.77. The third-order valence-electron chi connectivity index (χ3n) is 6.19. The summed E-state index contributed by atoms with van der Waals surface area (Å²) in [4.78, 5) is 20.5. The van der Waals surface area contributed by atoms with Crippen LogP contribution in [0.1, 0.15) is 34.3 Å². The number of likely N-dealkylation sites (N-methyl/N-ethyl adjacent to an activating group) is 1. The number of hydrogen-bond donors (Lipinski definition) is 1. The summed E-state index contributed by atoms with van der Waals surface area (Å²) in [6, 6.07) is 9.84. The monoisotopic (exact) mass is 521 g/mol. The summed E-state index contributed by atoms with van der Waals surface area (Å²) in [5.41, 5.74) is 0.425. The Labute approximate surface area is 210 Å². The average Bonchev–Trinajstić information content (AvgIpc) is 3.37. The van der Waals surface area contributed by atoms with Gasteiger partial charge in [-0.25, -0.2) is 4.98 Å². The van der Waals surface area contributed by atoms with E-state index in [4.69, 9.17) is 4.74 Å². The fraction of sp³-hybridized carbons (Fsp3) is 0.360. The normalized spacial score (nSPS) is 18.9. The molecule has 1 N–H and O–H groups in total. The number of carbonyl (C=O) groups is 1. The molecule has 4 rings (SSSR count). The van der Waals surface area contributed by atoms with E-state index in [1.807, 2.05) is 36.7 Å². The Bertz CT molecular complexity index is 1180. The first-order chi connectivity index (χ1) is 16.7. The number of aromatic nitrogens is 1. The van der Waals surface area contributed by atoms with E-state index >= 15 is 0 Å². The number of thioether (sulfide) groups is 1. The number of amides is 1. The summed E-state index contributed by atoms with van der Waals surface area (Å²) in [7, 11) is 3.27. The number of alkyl halides is 3. The first-order valence-corrected chi connectivity index (χ1v) is 13.1. The summed E-state index contributed by atoms with van der Waals surface area (Å²) >= 11 is 2.62. The van der Waals surface area contributed by atoms with Gasteiger partial charge in [-0.15, -0.1) is 23.1 Å². The minimum atomic E-state index is -4.55. The molecule has 1 aliphatic heterocycles. The van der Waals surface area contributed by atoms with E-state index in [2.05, 4.69) is 15.2 Å². The van der Waals surface area contributed by atoms with Gasteiger partial charge >= 0.3 is 6.18 Å². The highest BCUT2D eigenvalue weighted by atomic mass is 32.2. The molecule has 35 heavy (non-hydrogen) atoms. The predicted octanol–water partition coefficient (Wildman–Crippen LogP) is 5.91. The van der Waals surface area contributed by atoms with Crippen LogP contribution < -0.4 is 10.1 Å². The van der Waals surface area contributed by atoms with Crippen LogP contribution in [0, 0.1) is 0 Å². The molecule has 0 aliphatic carbocycles. The molecule has 1 saturated heterocycles. The average molecular weight is 522 g/mol. The number of thiazole rings is 1. The van der Waals surface area contributed by atoms with Crippen LogP contribution in [0.15, 0.2) is 52.9 Å². The SMILES string of the molecule is COc1cc(C(F)(F)F)cc(SC)c1C(=O)NC1(c2cccc(-c3nccs3)c2)CCCN(C)C1. The second kappa shape index (κ2) is 10.2. The van der Waals surface area contributed by atoms with Crippen molar-refractivity contribution in [3.63, 3.8) is 0 Å². The minimum Gasteiger partial charge on any atom is -0.496 e. The highest BCUT2D eigenvalue weighted by Gasteiger charge is 2.40. The van der Waals surface area contributed by atoms with Gasteiger partial charge in [-0.2, -0.15) is 13.2 Å². The first kappa shape index (κ1) is 25.5. The molecule has 10 heteroatoms. The molecule has 0 radical (unpaired) electrons. The fourth-order valence-corrected chi connectivity index (χ4v) is 5.85. The highest BCUT2D eigenvalue weighted by molar-refractivity contribution is 7.98. The van der Waals surface area contributed by atoms with E-state index in [-0.39, 0.29) is 16.2 Å². The number of rotatable bonds is 6. The number of carbonyl (C=O) groups excluding carboxylic acids is 1. The summed E-state index contributed by atoms with van der Waals surface area (Å²) in [5.74, 6) is -0.563. The molecule has 0 saturated carbocycles. The third kappa shape index (κ3) is 5.34. The molecule has 0 spiro atoms. The Kier molecular flexibility index (Phi) is 7.44. The standard InChI is InChI=1S/C25H26F3N3O2S2/c1-31-10-5-8-24(15-31,17-7-4-6-16(12-17)23-29-9-11-35-23)30-22(32)21-19(33-2)13-18(25(26,27)28)14-20(21)34-3/h4,6-7,9,11-14H,5,8,10,15H2,1-3H3,(H,30,32). The van der Waals surface area contributed by atoms with Crippen LogP contribution in [0.2, 0.25) is 0 Å². The lowest BCUT2D eigenvalue weighted by atomic mass is 9.81. The van der Waals surface area contributed by atoms with Gasteiger partial charge in [0, 0.05) is 28.6 Å². The lowest BCUT2D eigenvalue weighted by molar-refractivity contribution is -0.137. The Morgan fingerprint density at radius 2 is 2.09 bits per heavy atom. The first-order valence-electron chi connectivity index (χ1n) is 11.0. The predicted molar refractivity (Wildman–Crippen MR) is 133 cm³/mol. The second-order valence-corrected chi connectivity index (χ2v) is 10.3. The Hall–Kier alpha value is -2.56. The Balaban J connectivity index is 1.77.